The molecule has 2 aliphatic rings. The van der Waals surface area contributed by atoms with Gasteiger partial charge in [-0.1, -0.05) is 0 Å². The minimum absolute atomic E-state index is 0.233. The number of aliphatic carboxylic acids is 1. The third-order valence-corrected chi connectivity index (χ3v) is 3.29. The summed E-state index contributed by atoms with van der Waals surface area (Å²) in [7, 11) is 1.67. The molecule has 86 valence electrons. The van der Waals surface area contributed by atoms with Gasteiger partial charge in [-0.2, -0.15) is 0 Å². The van der Waals surface area contributed by atoms with E-state index >= 15 is 0 Å². The lowest BCUT2D eigenvalue weighted by Gasteiger charge is -2.22. The van der Waals surface area contributed by atoms with E-state index in [2.05, 4.69) is 5.32 Å². The quantitative estimate of drug-likeness (QED) is 0.658. The third kappa shape index (κ3) is 2.92. The Labute approximate surface area is 90.0 Å². The number of carboxylic acid groups (broad SMARTS) is 1. The minimum Gasteiger partial charge on any atom is -0.480 e. The van der Waals surface area contributed by atoms with Crippen molar-refractivity contribution < 1.29 is 14.6 Å². The Hall–Kier alpha value is -0.610. The summed E-state index contributed by atoms with van der Waals surface area (Å²) in [6.07, 6.45) is 4.51. The number of methoxy groups -OCH3 is 1. The SMILES string of the molecule is COCC(NC(C(=O)O)C1CC1)C1CC1. The number of carboxylic acids is 1. The van der Waals surface area contributed by atoms with Crippen LogP contribution < -0.4 is 5.32 Å². The summed E-state index contributed by atoms with van der Waals surface area (Å²) in [4.78, 5) is 11.1. The van der Waals surface area contributed by atoms with Gasteiger partial charge in [0.25, 0.3) is 0 Å². The van der Waals surface area contributed by atoms with Crippen molar-refractivity contribution in [2.75, 3.05) is 13.7 Å². The van der Waals surface area contributed by atoms with Gasteiger partial charge in [-0.25, -0.2) is 0 Å². The molecule has 2 aliphatic carbocycles. The van der Waals surface area contributed by atoms with Crippen molar-refractivity contribution >= 4 is 5.97 Å². The highest BCUT2D eigenvalue weighted by Crippen LogP contribution is 2.36. The second-order valence-corrected chi connectivity index (χ2v) is 4.72. The van der Waals surface area contributed by atoms with Gasteiger partial charge in [-0.15, -0.1) is 0 Å². The van der Waals surface area contributed by atoms with Crippen molar-refractivity contribution in [2.24, 2.45) is 11.8 Å². The highest BCUT2D eigenvalue weighted by atomic mass is 16.5. The van der Waals surface area contributed by atoms with Crippen LogP contribution in [-0.2, 0) is 9.53 Å². The molecule has 2 fully saturated rings. The summed E-state index contributed by atoms with van der Waals surface area (Å²) in [5.74, 6) is 0.269. The molecule has 0 bridgehead atoms. The molecule has 4 nitrogen and oxygen atoms in total. The lowest BCUT2D eigenvalue weighted by atomic mass is 10.1. The second kappa shape index (κ2) is 4.49. The summed E-state index contributed by atoms with van der Waals surface area (Å²) in [6, 6.07) is -0.123. The molecule has 2 N–H and O–H groups in total. The fourth-order valence-electron chi connectivity index (χ4n) is 2.07. The van der Waals surface area contributed by atoms with E-state index in [0.717, 1.165) is 12.8 Å². The van der Waals surface area contributed by atoms with Gasteiger partial charge >= 0.3 is 5.97 Å². The van der Waals surface area contributed by atoms with E-state index in [1.54, 1.807) is 7.11 Å². The van der Waals surface area contributed by atoms with Crippen LogP contribution in [0.4, 0.5) is 0 Å². The maximum atomic E-state index is 11.1. The van der Waals surface area contributed by atoms with E-state index in [-0.39, 0.29) is 12.1 Å². The number of carbonyl (C=O) groups is 1. The van der Waals surface area contributed by atoms with Crippen LogP contribution in [0.25, 0.3) is 0 Å². The number of hydrogen-bond acceptors (Lipinski definition) is 3. The molecule has 0 amide bonds. The molecule has 0 aromatic heterocycles. The van der Waals surface area contributed by atoms with Crippen molar-refractivity contribution in [3.8, 4) is 0 Å². The molecule has 2 rings (SSSR count). The Kier molecular flexibility index (Phi) is 3.26. The first-order valence-electron chi connectivity index (χ1n) is 5.70. The summed E-state index contributed by atoms with van der Waals surface area (Å²) in [5, 5.41) is 12.4. The molecule has 4 heteroatoms. The number of nitrogens with one attached hydrogen (secondary N) is 1. The van der Waals surface area contributed by atoms with Gasteiger partial charge in [-0.3, -0.25) is 10.1 Å². The van der Waals surface area contributed by atoms with Gasteiger partial charge in [0, 0.05) is 13.2 Å². The van der Waals surface area contributed by atoms with Gasteiger partial charge in [0.1, 0.15) is 6.04 Å². The van der Waals surface area contributed by atoms with E-state index in [4.69, 9.17) is 9.84 Å². The third-order valence-electron chi connectivity index (χ3n) is 3.29. The Morgan fingerprint density at radius 1 is 1.40 bits per heavy atom. The maximum Gasteiger partial charge on any atom is 0.320 e. The average Bonchev–Trinajstić information content (AvgIpc) is 3.03. The van der Waals surface area contributed by atoms with E-state index < -0.39 is 5.97 Å². The van der Waals surface area contributed by atoms with E-state index in [1.807, 2.05) is 0 Å². The second-order valence-electron chi connectivity index (χ2n) is 4.72. The zero-order chi connectivity index (χ0) is 10.8. The van der Waals surface area contributed by atoms with Crippen LogP contribution in [-0.4, -0.2) is 36.9 Å². The first-order valence-corrected chi connectivity index (χ1v) is 5.70. The van der Waals surface area contributed by atoms with Crippen molar-refractivity contribution in [3.05, 3.63) is 0 Å². The van der Waals surface area contributed by atoms with E-state index in [0.29, 0.717) is 18.4 Å². The standard InChI is InChI=1S/C11H19NO3/c1-15-6-9(7-2-3-7)12-10(11(13)14)8-4-5-8/h7-10,12H,2-6H2,1H3,(H,13,14). The Morgan fingerprint density at radius 2 is 2.00 bits per heavy atom. The molecule has 2 atom stereocenters. The highest BCUT2D eigenvalue weighted by molar-refractivity contribution is 5.74. The molecule has 0 saturated heterocycles. The number of ether oxygens (including phenoxy) is 1. The molecule has 0 heterocycles. The fraction of sp³-hybridized carbons (Fsp3) is 0.909. The van der Waals surface area contributed by atoms with Crippen LogP contribution in [0.5, 0.6) is 0 Å². The fourth-order valence-corrected chi connectivity index (χ4v) is 2.07. The Bertz CT molecular complexity index is 236. The zero-order valence-electron chi connectivity index (χ0n) is 9.11. The summed E-state index contributed by atoms with van der Waals surface area (Å²) in [5.41, 5.74) is 0. The topological polar surface area (TPSA) is 58.6 Å². The molecule has 15 heavy (non-hydrogen) atoms. The molecule has 0 radical (unpaired) electrons. The minimum atomic E-state index is -0.709. The predicted molar refractivity (Wildman–Crippen MR) is 55.7 cm³/mol. The van der Waals surface area contributed by atoms with Crippen molar-refractivity contribution in [3.63, 3.8) is 0 Å². The van der Waals surface area contributed by atoms with Gasteiger partial charge in [0.05, 0.1) is 6.61 Å². The molecule has 0 aliphatic heterocycles. The van der Waals surface area contributed by atoms with Crippen LogP contribution in [0.3, 0.4) is 0 Å². The molecule has 2 unspecified atom stereocenters. The van der Waals surface area contributed by atoms with Gasteiger partial charge in [0.2, 0.25) is 0 Å². The van der Waals surface area contributed by atoms with E-state index in [9.17, 15) is 4.79 Å². The molecule has 0 aromatic carbocycles. The summed E-state index contributed by atoms with van der Waals surface area (Å²) in [6.45, 7) is 0.626. The molecular formula is C11H19NO3. The lowest BCUT2D eigenvalue weighted by Crippen LogP contribution is -2.47. The zero-order valence-corrected chi connectivity index (χ0v) is 9.11. The van der Waals surface area contributed by atoms with Crippen LogP contribution in [0.2, 0.25) is 0 Å². The van der Waals surface area contributed by atoms with Crippen molar-refractivity contribution in [1.82, 2.24) is 5.32 Å². The van der Waals surface area contributed by atoms with Crippen molar-refractivity contribution in [1.29, 1.82) is 0 Å². The van der Waals surface area contributed by atoms with Crippen molar-refractivity contribution in [2.45, 2.75) is 37.8 Å². The number of rotatable bonds is 7. The van der Waals surface area contributed by atoms with Crippen LogP contribution in [0.15, 0.2) is 0 Å². The smallest absolute Gasteiger partial charge is 0.320 e. The van der Waals surface area contributed by atoms with Crippen LogP contribution in [0.1, 0.15) is 25.7 Å². The molecular weight excluding hydrogens is 194 g/mol. The number of hydrogen-bond donors (Lipinski definition) is 2. The molecule has 2 saturated carbocycles. The first kappa shape index (κ1) is 10.9. The Morgan fingerprint density at radius 3 is 2.40 bits per heavy atom. The largest absolute Gasteiger partial charge is 0.480 e. The first-order chi connectivity index (χ1) is 7.22. The molecule has 0 spiro atoms. The predicted octanol–water partition coefficient (Wildman–Crippen LogP) is 0.864. The average molecular weight is 213 g/mol. The van der Waals surface area contributed by atoms with Crippen LogP contribution in [0, 0.1) is 11.8 Å². The summed E-state index contributed by atoms with van der Waals surface area (Å²) >= 11 is 0. The van der Waals surface area contributed by atoms with Crippen LogP contribution >= 0.6 is 0 Å². The highest BCUT2D eigenvalue weighted by Gasteiger charge is 2.40. The Balaban J connectivity index is 1.87. The monoisotopic (exact) mass is 213 g/mol. The summed E-state index contributed by atoms with van der Waals surface area (Å²) < 4.78 is 5.13. The maximum absolute atomic E-state index is 11.1. The normalized spacial score (nSPS) is 24.9. The molecule has 0 aromatic rings. The van der Waals surface area contributed by atoms with Gasteiger partial charge < -0.3 is 9.84 Å². The lowest BCUT2D eigenvalue weighted by molar-refractivity contribution is -0.140. The van der Waals surface area contributed by atoms with Gasteiger partial charge in [0.15, 0.2) is 0 Å². The van der Waals surface area contributed by atoms with Gasteiger partial charge in [-0.05, 0) is 37.5 Å². The van der Waals surface area contributed by atoms with E-state index in [1.165, 1.54) is 12.8 Å².